The number of hydrogen-bond acceptors (Lipinski definition) is 2. The van der Waals surface area contributed by atoms with Crippen molar-refractivity contribution in [3.63, 3.8) is 0 Å². The summed E-state index contributed by atoms with van der Waals surface area (Å²) in [4.78, 5) is 4.30. The zero-order valence-corrected chi connectivity index (χ0v) is 9.64. The molecule has 0 radical (unpaired) electrons. The van der Waals surface area contributed by atoms with Crippen LogP contribution in [0.25, 0.3) is 0 Å². The maximum Gasteiger partial charge on any atom is 0.0500 e. The van der Waals surface area contributed by atoms with E-state index in [2.05, 4.69) is 35.4 Å². The first-order valence-corrected chi connectivity index (χ1v) is 5.50. The molecule has 0 bridgehead atoms. The standard InChI is InChI=1S/C14H16N2/c1-11-8-9-13(10-15-11)12(2)16-14-6-4-3-5-7-14/h3-10,12,16H,1-2H3/t12-/m1/s1. The fourth-order valence-electron chi connectivity index (χ4n) is 1.60. The molecule has 0 aliphatic heterocycles. The van der Waals surface area contributed by atoms with Gasteiger partial charge in [-0.25, -0.2) is 0 Å². The van der Waals surface area contributed by atoms with E-state index in [1.165, 1.54) is 5.56 Å². The smallest absolute Gasteiger partial charge is 0.0500 e. The summed E-state index contributed by atoms with van der Waals surface area (Å²) in [7, 11) is 0. The van der Waals surface area contributed by atoms with Crippen molar-refractivity contribution < 1.29 is 0 Å². The van der Waals surface area contributed by atoms with Gasteiger partial charge in [0.2, 0.25) is 0 Å². The lowest BCUT2D eigenvalue weighted by Gasteiger charge is -2.15. The molecule has 16 heavy (non-hydrogen) atoms. The SMILES string of the molecule is Cc1ccc([C@@H](C)Nc2ccccc2)cn1. The van der Waals surface area contributed by atoms with Crippen molar-refractivity contribution in [2.24, 2.45) is 0 Å². The maximum atomic E-state index is 4.30. The Morgan fingerprint density at radius 2 is 1.81 bits per heavy atom. The Bertz CT molecular complexity index is 434. The van der Waals surface area contributed by atoms with Crippen LogP contribution in [0, 0.1) is 6.92 Å². The summed E-state index contributed by atoms with van der Waals surface area (Å²) in [5.74, 6) is 0. The van der Waals surface area contributed by atoms with Crippen LogP contribution < -0.4 is 5.32 Å². The predicted molar refractivity (Wildman–Crippen MR) is 67.5 cm³/mol. The minimum atomic E-state index is 0.274. The second-order valence-electron chi connectivity index (χ2n) is 3.96. The molecule has 82 valence electrons. The Hall–Kier alpha value is -1.83. The number of aromatic nitrogens is 1. The molecule has 0 aliphatic rings. The van der Waals surface area contributed by atoms with Crippen molar-refractivity contribution in [3.05, 3.63) is 59.9 Å². The Morgan fingerprint density at radius 1 is 1.06 bits per heavy atom. The average molecular weight is 212 g/mol. The number of benzene rings is 1. The van der Waals surface area contributed by atoms with Crippen LogP contribution in [0.5, 0.6) is 0 Å². The van der Waals surface area contributed by atoms with Crippen LogP contribution in [0.2, 0.25) is 0 Å². The van der Waals surface area contributed by atoms with Crippen molar-refractivity contribution in [3.8, 4) is 0 Å². The van der Waals surface area contributed by atoms with Crippen molar-refractivity contribution in [2.45, 2.75) is 19.9 Å². The van der Waals surface area contributed by atoms with Crippen LogP contribution in [0.4, 0.5) is 5.69 Å². The lowest BCUT2D eigenvalue weighted by molar-refractivity contribution is 0.872. The summed E-state index contributed by atoms with van der Waals surface area (Å²) in [5.41, 5.74) is 3.39. The van der Waals surface area contributed by atoms with E-state index in [4.69, 9.17) is 0 Å². The summed E-state index contributed by atoms with van der Waals surface area (Å²) in [6, 6.07) is 14.6. The van der Waals surface area contributed by atoms with Crippen LogP contribution >= 0.6 is 0 Å². The molecule has 2 aromatic rings. The van der Waals surface area contributed by atoms with Gasteiger partial charge in [-0.15, -0.1) is 0 Å². The number of nitrogens with zero attached hydrogens (tertiary/aromatic N) is 1. The number of rotatable bonds is 3. The molecule has 1 heterocycles. The second-order valence-corrected chi connectivity index (χ2v) is 3.96. The quantitative estimate of drug-likeness (QED) is 0.841. The van der Waals surface area contributed by atoms with Gasteiger partial charge in [0.05, 0.1) is 6.04 Å². The summed E-state index contributed by atoms with van der Waals surface area (Å²) in [6.07, 6.45) is 1.93. The van der Waals surface area contributed by atoms with Crippen molar-refractivity contribution in [1.29, 1.82) is 0 Å². The summed E-state index contributed by atoms with van der Waals surface area (Å²) in [5, 5.41) is 3.44. The van der Waals surface area contributed by atoms with E-state index in [9.17, 15) is 0 Å². The molecule has 0 saturated carbocycles. The van der Waals surface area contributed by atoms with E-state index in [1.54, 1.807) is 0 Å². The largest absolute Gasteiger partial charge is 0.378 e. The van der Waals surface area contributed by atoms with Gasteiger partial charge in [-0.3, -0.25) is 4.98 Å². The fourth-order valence-corrected chi connectivity index (χ4v) is 1.60. The maximum absolute atomic E-state index is 4.30. The van der Waals surface area contributed by atoms with Crippen LogP contribution in [0.3, 0.4) is 0 Å². The highest BCUT2D eigenvalue weighted by Crippen LogP contribution is 2.17. The van der Waals surface area contributed by atoms with Gasteiger partial charge in [0.25, 0.3) is 0 Å². The fraction of sp³-hybridized carbons (Fsp3) is 0.214. The number of nitrogens with one attached hydrogen (secondary N) is 1. The topological polar surface area (TPSA) is 24.9 Å². The van der Waals surface area contributed by atoms with Crippen LogP contribution in [-0.2, 0) is 0 Å². The molecule has 1 aromatic heterocycles. The molecule has 0 spiro atoms. The lowest BCUT2D eigenvalue weighted by atomic mass is 10.1. The highest BCUT2D eigenvalue weighted by Gasteiger charge is 2.04. The van der Waals surface area contributed by atoms with Crippen LogP contribution in [0.1, 0.15) is 24.2 Å². The predicted octanol–water partition coefficient (Wildman–Crippen LogP) is 3.56. The third-order valence-electron chi connectivity index (χ3n) is 2.59. The Morgan fingerprint density at radius 3 is 2.44 bits per heavy atom. The highest BCUT2D eigenvalue weighted by molar-refractivity contribution is 5.44. The minimum absolute atomic E-state index is 0.274. The van der Waals surface area contributed by atoms with E-state index >= 15 is 0 Å². The molecule has 0 amide bonds. The first-order valence-electron chi connectivity index (χ1n) is 5.50. The highest BCUT2D eigenvalue weighted by atomic mass is 14.9. The Kier molecular flexibility index (Phi) is 3.20. The van der Waals surface area contributed by atoms with Crippen molar-refractivity contribution >= 4 is 5.69 Å². The van der Waals surface area contributed by atoms with E-state index in [-0.39, 0.29) is 6.04 Å². The molecule has 2 rings (SSSR count). The van der Waals surface area contributed by atoms with E-state index in [0.29, 0.717) is 0 Å². The third kappa shape index (κ3) is 2.60. The van der Waals surface area contributed by atoms with Crippen molar-refractivity contribution in [2.75, 3.05) is 5.32 Å². The molecular formula is C14H16N2. The number of pyridine rings is 1. The van der Waals surface area contributed by atoms with Crippen LogP contribution in [0.15, 0.2) is 48.7 Å². The van der Waals surface area contributed by atoms with Gasteiger partial charge in [0, 0.05) is 17.6 Å². The average Bonchev–Trinajstić information content (AvgIpc) is 2.31. The number of para-hydroxylation sites is 1. The molecule has 1 N–H and O–H groups in total. The molecule has 0 unspecified atom stereocenters. The van der Waals surface area contributed by atoms with Gasteiger partial charge >= 0.3 is 0 Å². The molecular weight excluding hydrogens is 196 g/mol. The minimum Gasteiger partial charge on any atom is -0.378 e. The first kappa shape index (κ1) is 10.7. The monoisotopic (exact) mass is 212 g/mol. The molecule has 0 fully saturated rings. The molecule has 1 atom stereocenters. The summed E-state index contributed by atoms with van der Waals surface area (Å²) < 4.78 is 0. The second kappa shape index (κ2) is 4.79. The Balaban J connectivity index is 2.09. The lowest BCUT2D eigenvalue weighted by Crippen LogP contribution is -2.06. The zero-order chi connectivity index (χ0) is 11.4. The van der Waals surface area contributed by atoms with Crippen molar-refractivity contribution in [1.82, 2.24) is 4.98 Å². The first-order chi connectivity index (χ1) is 7.75. The van der Waals surface area contributed by atoms with Gasteiger partial charge in [-0.1, -0.05) is 24.3 Å². The van der Waals surface area contributed by atoms with Gasteiger partial charge in [-0.05, 0) is 37.6 Å². The molecule has 1 aromatic carbocycles. The van der Waals surface area contributed by atoms with E-state index < -0.39 is 0 Å². The van der Waals surface area contributed by atoms with Gasteiger partial charge in [0.15, 0.2) is 0 Å². The van der Waals surface area contributed by atoms with Gasteiger partial charge in [-0.2, -0.15) is 0 Å². The molecule has 0 saturated heterocycles. The number of anilines is 1. The van der Waals surface area contributed by atoms with Gasteiger partial charge in [0.1, 0.15) is 0 Å². The van der Waals surface area contributed by atoms with E-state index in [0.717, 1.165) is 11.4 Å². The molecule has 2 nitrogen and oxygen atoms in total. The van der Waals surface area contributed by atoms with Crippen LogP contribution in [-0.4, -0.2) is 4.98 Å². The van der Waals surface area contributed by atoms with Gasteiger partial charge < -0.3 is 5.32 Å². The Labute approximate surface area is 96.4 Å². The molecule has 0 aliphatic carbocycles. The number of hydrogen-bond donors (Lipinski definition) is 1. The summed E-state index contributed by atoms with van der Waals surface area (Å²) in [6.45, 7) is 4.14. The zero-order valence-electron chi connectivity index (χ0n) is 9.64. The normalized spacial score (nSPS) is 12.1. The third-order valence-corrected chi connectivity index (χ3v) is 2.59. The molecule has 2 heteroatoms. The van der Waals surface area contributed by atoms with E-state index in [1.807, 2.05) is 37.4 Å². The number of aryl methyl sites for hydroxylation is 1. The summed E-state index contributed by atoms with van der Waals surface area (Å²) >= 11 is 0.